The van der Waals surface area contributed by atoms with Crippen LogP contribution in [-0.4, -0.2) is 52.7 Å². The Kier molecular flexibility index (Phi) is 8.40. The number of aliphatic carboxylic acids is 1. The van der Waals surface area contributed by atoms with Crippen LogP contribution in [0.15, 0.2) is 48.8 Å². The van der Waals surface area contributed by atoms with Crippen LogP contribution in [0.25, 0.3) is 10.9 Å². The Hall–Kier alpha value is -3.21. The van der Waals surface area contributed by atoms with E-state index in [9.17, 15) is 9.90 Å². The van der Waals surface area contributed by atoms with E-state index in [2.05, 4.69) is 26.7 Å². The highest BCUT2D eigenvalue weighted by Crippen LogP contribution is 2.44. The number of carbonyl (C=O) groups is 1. The maximum atomic E-state index is 15.7. The van der Waals surface area contributed by atoms with E-state index in [4.69, 9.17) is 16.3 Å². The van der Waals surface area contributed by atoms with Crippen molar-refractivity contribution in [1.82, 2.24) is 14.9 Å². The zero-order valence-corrected chi connectivity index (χ0v) is 21.0. The first-order valence-corrected chi connectivity index (χ1v) is 12.4. The molecular formula is C28H29ClFN3O3. The summed E-state index contributed by atoms with van der Waals surface area (Å²) in [5.74, 6) is 5.95. The lowest BCUT2D eigenvalue weighted by Gasteiger charge is -2.41. The molecule has 36 heavy (non-hydrogen) atoms. The molecule has 1 aromatic carbocycles. The van der Waals surface area contributed by atoms with Crippen molar-refractivity contribution in [3.05, 3.63) is 65.1 Å². The van der Waals surface area contributed by atoms with Gasteiger partial charge < -0.3 is 9.84 Å². The van der Waals surface area contributed by atoms with Gasteiger partial charge in [-0.25, -0.2) is 9.37 Å². The summed E-state index contributed by atoms with van der Waals surface area (Å²) in [7, 11) is 1.55. The Morgan fingerprint density at radius 2 is 2.08 bits per heavy atom. The number of benzene rings is 1. The molecule has 1 aliphatic rings. The number of halogens is 2. The van der Waals surface area contributed by atoms with E-state index in [-0.39, 0.29) is 17.9 Å². The van der Waals surface area contributed by atoms with Gasteiger partial charge in [0.15, 0.2) is 0 Å². The molecule has 0 saturated carbocycles. The van der Waals surface area contributed by atoms with Gasteiger partial charge in [0.25, 0.3) is 0 Å². The molecule has 4 rings (SSSR count). The molecule has 0 spiro atoms. The fourth-order valence-electron chi connectivity index (χ4n) is 4.89. The molecule has 1 N–H and O–H groups in total. The number of rotatable bonds is 8. The van der Waals surface area contributed by atoms with E-state index >= 15 is 4.39 Å². The number of fused-ring (bicyclic) bond motifs is 1. The molecule has 1 atom stereocenters. The summed E-state index contributed by atoms with van der Waals surface area (Å²) in [6, 6.07) is 10.9. The summed E-state index contributed by atoms with van der Waals surface area (Å²) in [6.07, 6.45) is 3.85. The van der Waals surface area contributed by atoms with Gasteiger partial charge >= 0.3 is 5.97 Å². The average Bonchev–Trinajstić information content (AvgIpc) is 2.88. The molecule has 1 aliphatic heterocycles. The Morgan fingerprint density at radius 3 is 2.78 bits per heavy atom. The predicted molar refractivity (Wildman–Crippen MR) is 138 cm³/mol. The third-order valence-corrected chi connectivity index (χ3v) is 7.24. The second kappa shape index (κ2) is 11.7. The zero-order valence-electron chi connectivity index (χ0n) is 20.2. The highest BCUT2D eigenvalue weighted by Gasteiger charge is 2.37. The number of hydrogen-bond donors (Lipinski definition) is 1. The van der Waals surface area contributed by atoms with Crippen molar-refractivity contribution >= 4 is 28.5 Å². The summed E-state index contributed by atoms with van der Waals surface area (Å²) >= 11 is 6.38. The molecule has 1 saturated heterocycles. The SMILES string of the molecule is COc1ccc2ncc(Cl)c(C(F)CCC3(CC(=O)O)CCN(CC#Cc4ccccn4)CC3)c2c1. The molecular weight excluding hydrogens is 481 g/mol. The van der Waals surface area contributed by atoms with Crippen molar-refractivity contribution in [2.75, 3.05) is 26.7 Å². The van der Waals surface area contributed by atoms with Gasteiger partial charge in [-0.3, -0.25) is 14.7 Å². The van der Waals surface area contributed by atoms with Gasteiger partial charge in [-0.05, 0) is 80.4 Å². The van der Waals surface area contributed by atoms with Gasteiger partial charge in [0, 0.05) is 23.3 Å². The molecule has 1 fully saturated rings. The smallest absolute Gasteiger partial charge is 0.303 e. The maximum Gasteiger partial charge on any atom is 0.303 e. The highest BCUT2D eigenvalue weighted by atomic mass is 35.5. The number of likely N-dealkylation sites (tertiary alicyclic amines) is 1. The van der Waals surface area contributed by atoms with Crippen LogP contribution < -0.4 is 4.74 Å². The highest BCUT2D eigenvalue weighted by molar-refractivity contribution is 6.32. The molecule has 0 aliphatic carbocycles. The number of ether oxygens (including phenoxy) is 1. The van der Waals surface area contributed by atoms with Crippen LogP contribution in [0.5, 0.6) is 5.75 Å². The number of methoxy groups -OCH3 is 1. The second-order valence-electron chi connectivity index (χ2n) is 9.27. The maximum absolute atomic E-state index is 15.7. The first-order chi connectivity index (χ1) is 17.4. The number of alkyl halides is 1. The Labute approximate surface area is 215 Å². The third kappa shape index (κ3) is 6.31. The fourth-order valence-corrected chi connectivity index (χ4v) is 5.16. The number of piperidine rings is 1. The van der Waals surface area contributed by atoms with E-state index < -0.39 is 17.6 Å². The summed E-state index contributed by atoms with van der Waals surface area (Å²) < 4.78 is 21.0. The lowest BCUT2D eigenvalue weighted by molar-refractivity contribution is -0.141. The quantitative estimate of drug-likeness (QED) is 0.393. The van der Waals surface area contributed by atoms with Crippen molar-refractivity contribution in [3.63, 3.8) is 0 Å². The molecule has 6 nitrogen and oxygen atoms in total. The number of nitrogens with zero attached hydrogens (tertiary/aromatic N) is 3. The number of carboxylic acid groups (broad SMARTS) is 1. The third-order valence-electron chi connectivity index (χ3n) is 6.94. The lowest BCUT2D eigenvalue weighted by atomic mass is 9.71. The van der Waals surface area contributed by atoms with Crippen molar-refractivity contribution < 1.29 is 19.0 Å². The number of pyridine rings is 2. The van der Waals surface area contributed by atoms with Gasteiger partial charge in [-0.1, -0.05) is 23.6 Å². The fraction of sp³-hybridized carbons (Fsp3) is 0.393. The minimum absolute atomic E-state index is 0.0197. The van der Waals surface area contributed by atoms with E-state index in [1.807, 2.05) is 18.2 Å². The Bertz CT molecular complexity index is 1270. The van der Waals surface area contributed by atoms with Gasteiger partial charge in [0.1, 0.15) is 17.6 Å². The van der Waals surface area contributed by atoms with E-state index in [1.54, 1.807) is 31.5 Å². The van der Waals surface area contributed by atoms with Crippen LogP contribution in [0.3, 0.4) is 0 Å². The van der Waals surface area contributed by atoms with Crippen LogP contribution in [0.2, 0.25) is 5.02 Å². The Morgan fingerprint density at radius 1 is 1.28 bits per heavy atom. The van der Waals surface area contributed by atoms with Gasteiger partial charge in [0.05, 0.1) is 30.6 Å². The molecule has 0 amide bonds. The summed E-state index contributed by atoms with van der Waals surface area (Å²) in [5, 5.41) is 10.5. The summed E-state index contributed by atoms with van der Waals surface area (Å²) in [4.78, 5) is 22.4. The minimum Gasteiger partial charge on any atom is -0.497 e. The average molecular weight is 510 g/mol. The van der Waals surface area contributed by atoms with Gasteiger partial charge in [-0.15, -0.1) is 0 Å². The number of aromatic nitrogens is 2. The van der Waals surface area contributed by atoms with Gasteiger partial charge in [0.2, 0.25) is 0 Å². The van der Waals surface area contributed by atoms with Crippen molar-refractivity contribution in [1.29, 1.82) is 0 Å². The van der Waals surface area contributed by atoms with Crippen LogP contribution in [0.4, 0.5) is 4.39 Å². The van der Waals surface area contributed by atoms with Crippen LogP contribution in [-0.2, 0) is 4.79 Å². The molecule has 2 aromatic heterocycles. The first kappa shape index (κ1) is 25.9. The van der Waals surface area contributed by atoms with E-state index in [0.717, 1.165) is 18.8 Å². The standard InChI is InChI=1S/C28H29ClFN3O3/c1-36-21-7-8-25-22(17-21)27(23(29)19-32-25)24(30)9-10-28(18-26(34)35)11-15-33(16-12-28)14-4-6-20-5-2-3-13-31-20/h2-3,5,7-8,13,17,19,24H,9-12,14-16,18H2,1H3,(H,34,35). The molecule has 3 aromatic rings. The number of carboxylic acids is 1. The topological polar surface area (TPSA) is 75.6 Å². The molecule has 0 radical (unpaired) electrons. The van der Waals surface area contributed by atoms with Crippen LogP contribution in [0.1, 0.15) is 49.5 Å². The van der Waals surface area contributed by atoms with Crippen molar-refractivity contribution in [2.45, 2.75) is 38.3 Å². The Balaban J connectivity index is 1.43. The molecule has 0 bridgehead atoms. The normalized spacial score (nSPS) is 16.2. The molecule has 1 unspecified atom stereocenters. The largest absolute Gasteiger partial charge is 0.497 e. The van der Waals surface area contributed by atoms with Gasteiger partial charge in [-0.2, -0.15) is 0 Å². The molecule has 3 heterocycles. The van der Waals surface area contributed by atoms with E-state index in [1.165, 1.54) is 6.20 Å². The summed E-state index contributed by atoms with van der Waals surface area (Å²) in [5.41, 5.74) is 1.28. The summed E-state index contributed by atoms with van der Waals surface area (Å²) in [6.45, 7) is 2.03. The van der Waals surface area contributed by atoms with Crippen LogP contribution in [0, 0.1) is 17.3 Å². The zero-order chi connectivity index (χ0) is 25.5. The molecule has 188 valence electrons. The van der Waals surface area contributed by atoms with E-state index in [0.29, 0.717) is 48.0 Å². The second-order valence-corrected chi connectivity index (χ2v) is 9.68. The van der Waals surface area contributed by atoms with Crippen molar-refractivity contribution in [2.24, 2.45) is 5.41 Å². The first-order valence-electron chi connectivity index (χ1n) is 12.0. The molecule has 8 heteroatoms. The lowest BCUT2D eigenvalue weighted by Crippen LogP contribution is -2.41. The van der Waals surface area contributed by atoms with Crippen molar-refractivity contribution in [3.8, 4) is 17.6 Å². The minimum atomic E-state index is -1.34. The predicted octanol–water partition coefficient (Wildman–Crippen LogP) is 5.69. The monoisotopic (exact) mass is 509 g/mol. The number of hydrogen-bond acceptors (Lipinski definition) is 5. The van der Waals surface area contributed by atoms with Crippen LogP contribution >= 0.6 is 11.6 Å².